The van der Waals surface area contributed by atoms with Crippen molar-refractivity contribution in [3.05, 3.63) is 11.1 Å². The maximum Gasteiger partial charge on any atom is 0.0893 e. The molecule has 1 heterocycles. The van der Waals surface area contributed by atoms with E-state index in [1.165, 1.54) is 11.5 Å². The fourth-order valence-corrected chi connectivity index (χ4v) is 1.21. The van der Waals surface area contributed by atoms with E-state index in [2.05, 4.69) is 14.9 Å². The normalized spacial score (nSPS) is 11.9. The SMILES string of the molecule is CC(C)(O)CNCc1csnn1. The maximum atomic E-state index is 9.35. The number of nitrogens with one attached hydrogen (secondary N) is 1. The van der Waals surface area contributed by atoms with Crippen molar-refractivity contribution in [3.63, 3.8) is 0 Å². The van der Waals surface area contributed by atoms with E-state index in [4.69, 9.17) is 0 Å². The lowest BCUT2D eigenvalue weighted by molar-refractivity contribution is 0.0794. The zero-order chi connectivity index (χ0) is 9.03. The number of rotatable bonds is 4. The van der Waals surface area contributed by atoms with E-state index in [0.717, 1.165) is 5.69 Å². The van der Waals surface area contributed by atoms with Gasteiger partial charge in [0.1, 0.15) is 0 Å². The lowest BCUT2D eigenvalue weighted by Gasteiger charge is -2.16. The second-order valence-corrected chi connectivity index (χ2v) is 3.92. The van der Waals surface area contributed by atoms with Crippen molar-refractivity contribution in [2.45, 2.75) is 26.0 Å². The summed E-state index contributed by atoms with van der Waals surface area (Å²) in [6, 6.07) is 0. The average Bonchev–Trinajstić information content (AvgIpc) is 2.36. The predicted octanol–water partition coefficient (Wildman–Crippen LogP) is 0.399. The quantitative estimate of drug-likeness (QED) is 0.716. The van der Waals surface area contributed by atoms with Crippen LogP contribution in [0, 0.1) is 0 Å². The standard InChI is InChI=1S/C7H13N3OS/c1-7(2,11)5-8-3-6-4-12-10-9-6/h4,8,11H,3,5H2,1-2H3. The van der Waals surface area contributed by atoms with Crippen molar-refractivity contribution in [1.82, 2.24) is 14.9 Å². The summed E-state index contributed by atoms with van der Waals surface area (Å²) in [5, 5.41) is 18.2. The Morgan fingerprint density at radius 1 is 1.67 bits per heavy atom. The minimum absolute atomic E-state index is 0.560. The highest BCUT2D eigenvalue weighted by Crippen LogP contribution is 1.99. The molecule has 1 rings (SSSR count). The fraction of sp³-hybridized carbons (Fsp3) is 0.714. The van der Waals surface area contributed by atoms with E-state index in [9.17, 15) is 5.11 Å². The van der Waals surface area contributed by atoms with Crippen molar-refractivity contribution >= 4 is 11.5 Å². The second kappa shape index (κ2) is 3.93. The van der Waals surface area contributed by atoms with Crippen LogP contribution >= 0.6 is 11.5 Å². The molecule has 0 saturated heterocycles. The first-order chi connectivity index (χ1) is 5.58. The largest absolute Gasteiger partial charge is 0.389 e. The van der Waals surface area contributed by atoms with Gasteiger partial charge in [0.2, 0.25) is 0 Å². The Labute approximate surface area is 75.8 Å². The highest BCUT2D eigenvalue weighted by molar-refractivity contribution is 7.03. The van der Waals surface area contributed by atoms with Crippen LogP contribution in [0.2, 0.25) is 0 Å². The third-order valence-electron chi connectivity index (χ3n) is 1.27. The highest BCUT2D eigenvalue weighted by Gasteiger charge is 2.11. The lowest BCUT2D eigenvalue weighted by atomic mass is 10.1. The molecule has 0 atom stereocenters. The Hall–Kier alpha value is -0.520. The van der Waals surface area contributed by atoms with Gasteiger partial charge in [0.25, 0.3) is 0 Å². The fourth-order valence-electron chi connectivity index (χ4n) is 0.757. The summed E-state index contributed by atoms with van der Waals surface area (Å²) < 4.78 is 3.73. The van der Waals surface area contributed by atoms with Gasteiger partial charge in [-0.05, 0) is 25.4 Å². The van der Waals surface area contributed by atoms with Crippen molar-refractivity contribution in [2.24, 2.45) is 0 Å². The van der Waals surface area contributed by atoms with E-state index in [0.29, 0.717) is 13.1 Å². The lowest BCUT2D eigenvalue weighted by Crippen LogP contribution is -2.34. The summed E-state index contributed by atoms with van der Waals surface area (Å²) in [5.41, 5.74) is 0.257. The summed E-state index contributed by atoms with van der Waals surface area (Å²) >= 11 is 1.33. The third-order valence-corrected chi connectivity index (χ3v) is 1.82. The molecule has 0 fully saturated rings. The van der Waals surface area contributed by atoms with Crippen LogP contribution in [0.5, 0.6) is 0 Å². The van der Waals surface area contributed by atoms with Crippen LogP contribution in [0.3, 0.4) is 0 Å². The number of hydrogen-bond acceptors (Lipinski definition) is 5. The molecule has 0 unspecified atom stereocenters. The van der Waals surface area contributed by atoms with Crippen LogP contribution in [0.4, 0.5) is 0 Å². The van der Waals surface area contributed by atoms with E-state index in [-0.39, 0.29) is 0 Å². The van der Waals surface area contributed by atoms with Crippen molar-refractivity contribution < 1.29 is 5.11 Å². The van der Waals surface area contributed by atoms with Crippen LogP contribution in [0.1, 0.15) is 19.5 Å². The van der Waals surface area contributed by atoms with Gasteiger partial charge in [0.05, 0.1) is 11.3 Å². The van der Waals surface area contributed by atoms with Crippen LogP contribution < -0.4 is 5.32 Å². The molecule has 0 bridgehead atoms. The van der Waals surface area contributed by atoms with Gasteiger partial charge in [0.15, 0.2) is 0 Å². The molecule has 0 spiro atoms. The maximum absolute atomic E-state index is 9.35. The van der Waals surface area contributed by atoms with E-state index in [1.54, 1.807) is 13.8 Å². The Balaban J connectivity index is 2.20. The first-order valence-electron chi connectivity index (χ1n) is 3.77. The van der Waals surface area contributed by atoms with Crippen molar-refractivity contribution in [3.8, 4) is 0 Å². The molecule has 0 aliphatic carbocycles. The van der Waals surface area contributed by atoms with E-state index < -0.39 is 5.60 Å². The molecule has 0 saturated carbocycles. The Kier molecular flexibility index (Phi) is 3.13. The minimum Gasteiger partial charge on any atom is -0.389 e. The molecule has 0 aromatic carbocycles. The molecule has 68 valence electrons. The van der Waals surface area contributed by atoms with Gasteiger partial charge < -0.3 is 10.4 Å². The molecule has 12 heavy (non-hydrogen) atoms. The molecular formula is C7H13N3OS. The molecular weight excluding hydrogens is 174 g/mol. The number of hydrogen-bond donors (Lipinski definition) is 2. The minimum atomic E-state index is -0.663. The molecule has 2 N–H and O–H groups in total. The van der Waals surface area contributed by atoms with Crippen molar-refractivity contribution in [1.29, 1.82) is 0 Å². The number of nitrogens with zero attached hydrogens (tertiary/aromatic N) is 2. The Morgan fingerprint density at radius 3 is 2.92 bits per heavy atom. The van der Waals surface area contributed by atoms with Gasteiger partial charge >= 0.3 is 0 Å². The molecule has 0 aliphatic heterocycles. The van der Waals surface area contributed by atoms with Gasteiger partial charge in [-0.3, -0.25) is 0 Å². The predicted molar refractivity (Wildman–Crippen MR) is 47.9 cm³/mol. The second-order valence-electron chi connectivity index (χ2n) is 3.31. The summed E-state index contributed by atoms with van der Waals surface area (Å²) in [6.07, 6.45) is 0. The zero-order valence-corrected chi connectivity index (χ0v) is 8.06. The monoisotopic (exact) mass is 187 g/mol. The topological polar surface area (TPSA) is 58.0 Å². The van der Waals surface area contributed by atoms with E-state index in [1.807, 2.05) is 5.38 Å². The summed E-state index contributed by atoms with van der Waals surface area (Å²) in [6.45, 7) is 4.75. The van der Waals surface area contributed by atoms with E-state index >= 15 is 0 Å². The Bertz CT molecular complexity index is 217. The molecule has 5 heteroatoms. The van der Waals surface area contributed by atoms with Crippen LogP contribution in [0.15, 0.2) is 5.38 Å². The first-order valence-corrected chi connectivity index (χ1v) is 4.60. The van der Waals surface area contributed by atoms with Crippen LogP contribution in [0.25, 0.3) is 0 Å². The zero-order valence-electron chi connectivity index (χ0n) is 7.24. The Morgan fingerprint density at radius 2 is 2.42 bits per heavy atom. The number of aliphatic hydroxyl groups is 1. The number of aromatic nitrogens is 2. The van der Waals surface area contributed by atoms with Gasteiger partial charge in [-0.25, -0.2) is 0 Å². The van der Waals surface area contributed by atoms with Gasteiger partial charge in [-0.2, -0.15) is 0 Å². The summed E-state index contributed by atoms with van der Waals surface area (Å²) in [4.78, 5) is 0. The molecule has 1 aromatic heterocycles. The molecule has 0 radical (unpaired) electrons. The van der Waals surface area contributed by atoms with Crippen LogP contribution in [-0.2, 0) is 6.54 Å². The van der Waals surface area contributed by atoms with Gasteiger partial charge in [0, 0.05) is 18.5 Å². The smallest absolute Gasteiger partial charge is 0.0893 e. The average molecular weight is 187 g/mol. The third kappa shape index (κ3) is 3.75. The molecule has 4 nitrogen and oxygen atoms in total. The highest BCUT2D eigenvalue weighted by atomic mass is 32.1. The van der Waals surface area contributed by atoms with Gasteiger partial charge in [-0.15, -0.1) is 5.10 Å². The first kappa shape index (κ1) is 9.57. The molecule has 0 aliphatic rings. The summed E-state index contributed by atoms with van der Waals surface area (Å²) in [5.74, 6) is 0. The van der Waals surface area contributed by atoms with Crippen molar-refractivity contribution in [2.75, 3.05) is 6.54 Å². The summed E-state index contributed by atoms with van der Waals surface area (Å²) in [7, 11) is 0. The molecule has 0 amide bonds. The van der Waals surface area contributed by atoms with Gasteiger partial charge in [-0.1, -0.05) is 4.49 Å². The molecule has 1 aromatic rings. The van der Waals surface area contributed by atoms with Crippen LogP contribution in [-0.4, -0.2) is 26.8 Å².